The molecule has 2 fully saturated rings. The fourth-order valence-electron chi connectivity index (χ4n) is 2.65. The third-order valence-electron chi connectivity index (χ3n) is 3.77. The van der Waals surface area contributed by atoms with Crippen molar-refractivity contribution in [2.75, 3.05) is 13.1 Å². The first-order valence-corrected chi connectivity index (χ1v) is 6.04. The third-order valence-corrected chi connectivity index (χ3v) is 3.77. The number of carbonyl (C=O) groups is 1. The number of hydrogen-bond donors (Lipinski definition) is 2. The van der Waals surface area contributed by atoms with Crippen molar-refractivity contribution in [2.24, 2.45) is 11.3 Å². The summed E-state index contributed by atoms with van der Waals surface area (Å²) in [6.07, 6.45) is 0.934. The number of alkyl carbamates (subject to hydrolysis) is 1. The Hall–Kier alpha value is -0.770. The average Bonchev–Trinajstić information content (AvgIpc) is 2.76. The Balaban J connectivity index is 1.78. The van der Waals surface area contributed by atoms with Gasteiger partial charge in [0.1, 0.15) is 5.60 Å². The predicted octanol–water partition coefficient (Wildman–Crippen LogP) is 1.51. The van der Waals surface area contributed by atoms with Crippen molar-refractivity contribution in [1.82, 2.24) is 10.6 Å². The zero-order valence-corrected chi connectivity index (χ0v) is 10.6. The van der Waals surface area contributed by atoms with Crippen LogP contribution in [0.5, 0.6) is 0 Å². The van der Waals surface area contributed by atoms with Gasteiger partial charge in [-0.25, -0.2) is 4.79 Å². The Morgan fingerprint density at radius 3 is 2.69 bits per heavy atom. The number of rotatable bonds is 2. The van der Waals surface area contributed by atoms with Crippen LogP contribution in [0, 0.1) is 11.3 Å². The summed E-state index contributed by atoms with van der Waals surface area (Å²) < 4.78 is 5.23. The normalized spacial score (nSPS) is 36.8. The molecule has 0 aromatic heterocycles. The molecule has 3 atom stereocenters. The maximum absolute atomic E-state index is 11.5. The topological polar surface area (TPSA) is 50.4 Å². The van der Waals surface area contributed by atoms with Crippen molar-refractivity contribution in [3.05, 3.63) is 0 Å². The van der Waals surface area contributed by atoms with Crippen LogP contribution in [0.2, 0.25) is 0 Å². The van der Waals surface area contributed by atoms with Gasteiger partial charge in [-0.1, -0.05) is 0 Å². The van der Waals surface area contributed by atoms with Gasteiger partial charge in [-0.3, -0.25) is 0 Å². The van der Waals surface area contributed by atoms with Crippen molar-refractivity contribution < 1.29 is 9.53 Å². The molecule has 0 aromatic rings. The largest absolute Gasteiger partial charge is 0.444 e. The van der Waals surface area contributed by atoms with E-state index in [-0.39, 0.29) is 6.09 Å². The molecule has 1 aliphatic heterocycles. The van der Waals surface area contributed by atoms with Crippen LogP contribution in [-0.2, 0) is 4.74 Å². The number of carbonyl (C=O) groups excluding carboxylic acids is 1. The predicted molar refractivity (Wildman–Crippen MR) is 62.2 cm³/mol. The second-order valence-electron chi connectivity index (χ2n) is 6.12. The highest BCUT2D eigenvalue weighted by Crippen LogP contribution is 2.57. The minimum absolute atomic E-state index is 0.299. The lowest BCUT2D eigenvalue weighted by molar-refractivity contribution is 0.0513. The van der Waals surface area contributed by atoms with Crippen LogP contribution < -0.4 is 10.6 Å². The van der Waals surface area contributed by atoms with Gasteiger partial charge < -0.3 is 15.4 Å². The van der Waals surface area contributed by atoms with Crippen LogP contribution in [0.15, 0.2) is 0 Å². The highest BCUT2D eigenvalue weighted by molar-refractivity contribution is 5.67. The minimum Gasteiger partial charge on any atom is -0.444 e. The van der Waals surface area contributed by atoms with E-state index < -0.39 is 5.60 Å². The van der Waals surface area contributed by atoms with Crippen LogP contribution in [-0.4, -0.2) is 30.8 Å². The van der Waals surface area contributed by atoms with Gasteiger partial charge in [-0.15, -0.1) is 0 Å². The van der Waals surface area contributed by atoms with E-state index in [0.717, 1.165) is 19.0 Å². The molecule has 4 nitrogen and oxygen atoms in total. The second-order valence-corrected chi connectivity index (χ2v) is 6.12. The van der Waals surface area contributed by atoms with Crippen molar-refractivity contribution in [3.63, 3.8) is 0 Å². The molecule has 1 saturated heterocycles. The smallest absolute Gasteiger partial charge is 0.407 e. The maximum Gasteiger partial charge on any atom is 0.407 e. The molecule has 0 radical (unpaired) electrons. The Kier molecular flexibility index (Phi) is 2.65. The molecule has 1 saturated carbocycles. The lowest BCUT2D eigenvalue weighted by atomic mass is 9.98. The molecule has 2 rings (SSSR count). The summed E-state index contributed by atoms with van der Waals surface area (Å²) in [7, 11) is 0. The van der Waals surface area contributed by atoms with E-state index in [1.165, 1.54) is 6.42 Å². The first-order chi connectivity index (χ1) is 7.33. The first kappa shape index (κ1) is 11.7. The molecule has 0 spiro atoms. The quantitative estimate of drug-likeness (QED) is 0.750. The minimum atomic E-state index is -0.412. The van der Waals surface area contributed by atoms with E-state index in [1.54, 1.807) is 0 Å². The molecule has 1 heterocycles. The summed E-state index contributed by atoms with van der Waals surface area (Å²) in [5.74, 6) is 0.748. The zero-order chi connectivity index (χ0) is 12.0. The average molecular weight is 226 g/mol. The summed E-state index contributed by atoms with van der Waals surface area (Å²) in [5, 5.41) is 6.33. The summed E-state index contributed by atoms with van der Waals surface area (Å²) in [6.45, 7) is 9.67. The third kappa shape index (κ3) is 2.17. The lowest BCUT2D eigenvalue weighted by Crippen LogP contribution is -2.40. The van der Waals surface area contributed by atoms with E-state index >= 15 is 0 Å². The van der Waals surface area contributed by atoms with Gasteiger partial charge in [-0.05, 0) is 46.6 Å². The molecule has 92 valence electrons. The first-order valence-electron chi connectivity index (χ1n) is 6.04. The number of nitrogens with one attached hydrogen (secondary N) is 2. The highest BCUT2D eigenvalue weighted by Gasteiger charge is 2.61. The van der Waals surface area contributed by atoms with E-state index in [1.807, 2.05) is 20.8 Å². The lowest BCUT2D eigenvalue weighted by Gasteiger charge is -2.23. The van der Waals surface area contributed by atoms with E-state index in [0.29, 0.717) is 11.5 Å². The standard InChI is InChI=1S/C12H22N2O2/c1-8-12(5-9(12)6-13-8)7-14-10(15)16-11(2,3)4/h8-9,13H,5-7H2,1-4H3,(H,14,15)/t8-,9-,12-/m1/s1. The number of amides is 1. The van der Waals surface area contributed by atoms with Gasteiger partial charge in [0.05, 0.1) is 0 Å². The molecule has 0 aromatic carbocycles. The summed E-state index contributed by atoms with van der Waals surface area (Å²) in [6, 6.07) is 0.507. The van der Waals surface area contributed by atoms with Crippen molar-refractivity contribution in [3.8, 4) is 0 Å². The molecule has 0 bridgehead atoms. The number of hydrogen-bond acceptors (Lipinski definition) is 3. The molecule has 16 heavy (non-hydrogen) atoms. The number of fused-ring (bicyclic) bond motifs is 1. The summed E-state index contributed by atoms with van der Waals surface area (Å²) in [5.41, 5.74) is -0.110. The molecular weight excluding hydrogens is 204 g/mol. The van der Waals surface area contributed by atoms with Gasteiger partial charge in [0.15, 0.2) is 0 Å². The van der Waals surface area contributed by atoms with Crippen LogP contribution >= 0.6 is 0 Å². The number of piperidine rings is 1. The van der Waals surface area contributed by atoms with Crippen molar-refractivity contribution in [2.45, 2.75) is 45.8 Å². The fraction of sp³-hybridized carbons (Fsp3) is 0.917. The van der Waals surface area contributed by atoms with E-state index in [9.17, 15) is 4.79 Å². The molecule has 1 amide bonds. The van der Waals surface area contributed by atoms with Gasteiger partial charge >= 0.3 is 6.09 Å². The molecule has 1 aliphatic carbocycles. The van der Waals surface area contributed by atoms with Crippen molar-refractivity contribution in [1.29, 1.82) is 0 Å². The van der Waals surface area contributed by atoms with Gasteiger partial charge in [0, 0.05) is 18.0 Å². The Labute approximate surface area is 97.1 Å². The van der Waals surface area contributed by atoms with Crippen LogP contribution in [0.1, 0.15) is 34.1 Å². The second kappa shape index (κ2) is 3.62. The highest BCUT2D eigenvalue weighted by atomic mass is 16.6. The van der Waals surface area contributed by atoms with Crippen LogP contribution in [0.4, 0.5) is 4.79 Å². The van der Waals surface area contributed by atoms with Crippen LogP contribution in [0.3, 0.4) is 0 Å². The van der Waals surface area contributed by atoms with E-state index in [4.69, 9.17) is 4.74 Å². The number of ether oxygens (including phenoxy) is 1. The monoisotopic (exact) mass is 226 g/mol. The SMILES string of the molecule is C[C@H]1NC[C@H]2C[C@]21CNC(=O)OC(C)(C)C. The summed E-state index contributed by atoms with van der Waals surface area (Å²) >= 11 is 0. The Bertz CT molecular complexity index is 298. The molecule has 4 heteroatoms. The summed E-state index contributed by atoms with van der Waals surface area (Å²) in [4.78, 5) is 11.5. The van der Waals surface area contributed by atoms with Gasteiger partial charge in [-0.2, -0.15) is 0 Å². The molecule has 2 aliphatic rings. The zero-order valence-electron chi connectivity index (χ0n) is 10.6. The van der Waals surface area contributed by atoms with Crippen LogP contribution in [0.25, 0.3) is 0 Å². The Morgan fingerprint density at radius 1 is 1.56 bits per heavy atom. The molecular formula is C12H22N2O2. The fourth-order valence-corrected chi connectivity index (χ4v) is 2.65. The van der Waals surface area contributed by atoms with Gasteiger partial charge in [0.2, 0.25) is 0 Å². The maximum atomic E-state index is 11.5. The van der Waals surface area contributed by atoms with Crippen molar-refractivity contribution >= 4 is 6.09 Å². The molecule has 0 unspecified atom stereocenters. The Morgan fingerprint density at radius 2 is 2.25 bits per heavy atom. The molecule has 2 N–H and O–H groups in total. The van der Waals surface area contributed by atoms with E-state index in [2.05, 4.69) is 17.6 Å². The van der Waals surface area contributed by atoms with Gasteiger partial charge in [0.25, 0.3) is 0 Å².